The molecule has 0 bridgehead atoms. The Morgan fingerprint density at radius 1 is 1.14 bits per heavy atom. The average Bonchev–Trinajstić information content (AvgIpc) is 3.10. The largest absolute Gasteiger partial charge is 0.493 e. The van der Waals surface area contributed by atoms with Crippen LogP contribution in [0, 0.1) is 0 Å². The van der Waals surface area contributed by atoms with Crippen LogP contribution in [0.15, 0.2) is 53.8 Å². The summed E-state index contributed by atoms with van der Waals surface area (Å²) in [4.78, 5) is 8.92. The van der Waals surface area contributed by atoms with Crippen molar-refractivity contribution in [2.24, 2.45) is 10.7 Å². The maximum Gasteiger partial charge on any atom is 0.188 e. The van der Waals surface area contributed by atoms with E-state index in [9.17, 15) is 0 Å². The lowest BCUT2D eigenvalue weighted by Crippen LogP contribution is -2.33. The van der Waals surface area contributed by atoms with E-state index in [-0.39, 0.29) is 24.0 Å². The van der Waals surface area contributed by atoms with Gasteiger partial charge in [0.2, 0.25) is 0 Å². The molecule has 0 aliphatic carbocycles. The van der Waals surface area contributed by atoms with Crippen molar-refractivity contribution in [3.63, 3.8) is 0 Å². The minimum absolute atomic E-state index is 0. The van der Waals surface area contributed by atoms with E-state index in [1.807, 2.05) is 53.2 Å². The molecule has 3 N–H and O–H groups in total. The van der Waals surface area contributed by atoms with Gasteiger partial charge in [-0.3, -0.25) is 4.99 Å². The number of guanidine groups is 1. The van der Waals surface area contributed by atoms with Crippen LogP contribution in [0.4, 0.5) is 0 Å². The summed E-state index contributed by atoms with van der Waals surface area (Å²) in [5, 5.41) is 3.14. The molecule has 0 unspecified atom stereocenters. The molecule has 0 aliphatic heterocycles. The Balaban J connectivity index is 0.00000280. The van der Waals surface area contributed by atoms with Gasteiger partial charge in [0.1, 0.15) is 5.65 Å². The summed E-state index contributed by atoms with van der Waals surface area (Å²) in [7, 11) is 3.26. The van der Waals surface area contributed by atoms with Gasteiger partial charge in [-0.1, -0.05) is 12.1 Å². The number of nitrogens with one attached hydrogen (secondary N) is 1. The highest BCUT2D eigenvalue weighted by Gasteiger charge is 2.04. The third-order valence-electron chi connectivity index (χ3n) is 4.23. The molecule has 2 heterocycles. The quantitative estimate of drug-likeness (QED) is 0.285. The van der Waals surface area contributed by atoms with Gasteiger partial charge in [0, 0.05) is 31.9 Å². The van der Waals surface area contributed by atoms with Crippen molar-refractivity contribution in [2.75, 3.05) is 27.3 Å². The first-order chi connectivity index (χ1) is 13.2. The number of rotatable bonds is 8. The Kier molecular flexibility index (Phi) is 8.37. The molecule has 3 rings (SSSR count). The van der Waals surface area contributed by atoms with Crippen LogP contribution in [0.25, 0.3) is 5.65 Å². The number of aromatic nitrogens is 2. The second-order valence-electron chi connectivity index (χ2n) is 6.08. The van der Waals surface area contributed by atoms with Crippen LogP contribution >= 0.6 is 24.0 Å². The standard InChI is InChI=1S/C20H25N5O2.HI/c1-26-17-7-6-15(13-18(17)27-2)8-10-22-20(21)23-11-9-16-14-25-12-4-3-5-19(25)24-16;/h3-7,12-14H,8-11H2,1-2H3,(H3,21,22,23);1H. The Bertz CT molecular complexity index is 893. The van der Waals surface area contributed by atoms with E-state index in [1.165, 1.54) is 0 Å². The number of pyridine rings is 1. The molecule has 0 amide bonds. The molecule has 0 fully saturated rings. The van der Waals surface area contributed by atoms with E-state index >= 15 is 0 Å². The first kappa shape index (κ1) is 21.8. The topological polar surface area (TPSA) is 86.2 Å². The van der Waals surface area contributed by atoms with Crippen molar-refractivity contribution in [1.82, 2.24) is 14.7 Å². The van der Waals surface area contributed by atoms with Gasteiger partial charge in [0.15, 0.2) is 17.5 Å². The molecule has 0 saturated carbocycles. The highest BCUT2D eigenvalue weighted by molar-refractivity contribution is 14.0. The van der Waals surface area contributed by atoms with Crippen molar-refractivity contribution in [1.29, 1.82) is 0 Å². The van der Waals surface area contributed by atoms with Gasteiger partial charge >= 0.3 is 0 Å². The fraction of sp³-hybridized carbons (Fsp3) is 0.300. The summed E-state index contributed by atoms with van der Waals surface area (Å²) in [6, 6.07) is 11.8. The molecule has 7 nitrogen and oxygen atoms in total. The number of aliphatic imine (C=N–C) groups is 1. The Morgan fingerprint density at radius 3 is 2.71 bits per heavy atom. The number of halogens is 1. The molecular formula is C20H26IN5O2. The zero-order valence-electron chi connectivity index (χ0n) is 16.1. The van der Waals surface area contributed by atoms with Crippen LogP contribution in [-0.4, -0.2) is 42.7 Å². The molecule has 150 valence electrons. The first-order valence-corrected chi connectivity index (χ1v) is 8.87. The first-order valence-electron chi connectivity index (χ1n) is 8.87. The monoisotopic (exact) mass is 495 g/mol. The molecule has 0 saturated heterocycles. The fourth-order valence-electron chi connectivity index (χ4n) is 2.83. The number of hydrogen-bond acceptors (Lipinski definition) is 4. The zero-order valence-corrected chi connectivity index (χ0v) is 18.4. The maximum absolute atomic E-state index is 5.95. The SMILES string of the molecule is COc1ccc(CCNC(N)=NCCc2cn3ccccc3n2)cc1OC.I. The second-order valence-corrected chi connectivity index (χ2v) is 6.08. The van der Waals surface area contributed by atoms with E-state index < -0.39 is 0 Å². The average molecular weight is 495 g/mol. The lowest BCUT2D eigenvalue weighted by molar-refractivity contribution is 0.354. The number of fused-ring (bicyclic) bond motifs is 1. The van der Waals surface area contributed by atoms with Crippen molar-refractivity contribution >= 4 is 35.6 Å². The van der Waals surface area contributed by atoms with Gasteiger partial charge in [0.05, 0.1) is 19.9 Å². The van der Waals surface area contributed by atoms with E-state index in [4.69, 9.17) is 15.2 Å². The Hall–Kier alpha value is -2.49. The molecule has 2 aromatic heterocycles. The van der Waals surface area contributed by atoms with E-state index in [0.717, 1.165) is 41.2 Å². The lowest BCUT2D eigenvalue weighted by atomic mass is 10.1. The number of hydrogen-bond donors (Lipinski definition) is 2. The minimum atomic E-state index is 0. The van der Waals surface area contributed by atoms with Crippen LogP contribution in [0.5, 0.6) is 11.5 Å². The maximum atomic E-state index is 5.95. The molecule has 0 atom stereocenters. The van der Waals surface area contributed by atoms with Gasteiger partial charge < -0.3 is 24.9 Å². The van der Waals surface area contributed by atoms with Crippen LogP contribution in [0.1, 0.15) is 11.3 Å². The van der Waals surface area contributed by atoms with Crippen molar-refractivity contribution < 1.29 is 9.47 Å². The molecule has 3 aromatic rings. The fourth-order valence-corrected chi connectivity index (χ4v) is 2.83. The molecular weight excluding hydrogens is 469 g/mol. The Labute approximate surface area is 182 Å². The van der Waals surface area contributed by atoms with Crippen LogP contribution in [-0.2, 0) is 12.8 Å². The van der Waals surface area contributed by atoms with Crippen molar-refractivity contribution in [3.8, 4) is 11.5 Å². The zero-order chi connectivity index (χ0) is 19.1. The van der Waals surface area contributed by atoms with E-state index in [2.05, 4.69) is 15.3 Å². The van der Waals surface area contributed by atoms with Gasteiger partial charge in [-0.2, -0.15) is 0 Å². The normalized spacial score (nSPS) is 11.1. The van der Waals surface area contributed by atoms with E-state index in [0.29, 0.717) is 19.0 Å². The number of nitrogens with zero attached hydrogens (tertiary/aromatic N) is 3. The number of imidazole rings is 1. The summed E-state index contributed by atoms with van der Waals surface area (Å²) in [5.41, 5.74) is 9.03. The number of benzene rings is 1. The molecule has 8 heteroatoms. The highest BCUT2D eigenvalue weighted by atomic mass is 127. The summed E-state index contributed by atoms with van der Waals surface area (Å²) >= 11 is 0. The molecule has 28 heavy (non-hydrogen) atoms. The third kappa shape index (κ3) is 5.75. The lowest BCUT2D eigenvalue weighted by Gasteiger charge is -2.10. The number of ether oxygens (including phenoxy) is 2. The van der Waals surface area contributed by atoms with Gasteiger partial charge in [0.25, 0.3) is 0 Å². The predicted molar refractivity (Wildman–Crippen MR) is 122 cm³/mol. The molecule has 0 radical (unpaired) electrons. The summed E-state index contributed by atoms with van der Waals surface area (Å²) in [6.45, 7) is 1.29. The van der Waals surface area contributed by atoms with Crippen molar-refractivity contribution in [2.45, 2.75) is 12.8 Å². The van der Waals surface area contributed by atoms with Crippen LogP contribution < -0.4 is 20.5 Å². The third-order valence-corrected chi connectivity index (χ3v) is 4.23. The molecule has 0 aliphatic rings. The van der Waals surface area contributed by atoms with Crippen molar-refractivity contribution in [3.05, 3.63) is 60.0 Å². The number of methoxy groups -OCH3 is 2. The summed E-state index contributed by atoms with van der Waals surface area (Å²) < 4.78 is 12.6. The van der Waals surface area contributed by atoms with Crippen LogP contribution in [0.2, 0.25) is 0 Å². The molecule has 0 spiro atoms. The van der Waals surface area contributed by atoms with Gasteiger partial charge in [-0.05, 0) is 36.2 Å². The minimum Gasteiger partial charge on any atom is -0.493 e. The van der Waals surface area contributed by atoms with E-state index in [1.54, 1.807) is 14.2 Å². The van der Waals surface area contributed by atoms with Crippen LogP contribution in [0.3, 0.4) is 0 Å². The highest BCUT2D eigenvalue weighted by Crippen LogP contribution is 2.27. The Morgan fingerprint density at radius 2 is 1.96 bits per heavy atom. The summed E-state index contributed by atoms with van der Waals surface area (Å²) in [6.07, 6.45) is 5.56. The van der Waals surface area contributed by atoms with Gasteiger partial charge in [-0.25, -0.2) is 4.98 Å². The predicted octanol–water partition coefficient (Wildman–Crippen LogP) is 2.66. The molecule has 1 aromatic carbocycles. The number of nitrogens with two attached hydrogens (primary N) is 1. The summed E-state index contributed by atoms with van der Waals surface area (Å²) in [5.74, 6) is 1.89. The second kappa shape index (κ2) is 10.7. The smallest absolute Gasteiger partial charge is 0.188 e. The van der Waals surface area contributed by atoms with Gasteiger partial charge in [-0.15, -0.1) is 24.0 Å².